The van der Waals surface area contributed by atoms with Crippen molar-refractivity contribution in [3.05, 3.63) is 67.7 Å². The zero-order valence-electron chi connectivity index (χ0n) is 14.0. The number of nitro groups is 1. The van der Waals surface area contributed by atoms with Gasteiger partial charge in [0, 0.05) is 16.7 Å². The van der Waals surface area contributed by atoms with Gasteiger partial charge in [0.25, 0.3) is 5.91 Å². The summed E-state index contributed by atoms with van der Waals surface area (Å²) in [5.41, 5.74) is 3.26. The lowest BCUT2D eigenvalue weighted by Crippen LogP contribution is -2.19. The summed E-state index contributed by atoms with van der Waals surface area (Å²) in [6, 6.07) is 8.92. The van der Waals surface area contributed by atoms with Gasteiger partial charge in [-0.25, -0.2) is 5.43 Å². The molecular formula is C17H15Cl2N3O4. The molecule has 0 aliphatic rings. The maximum atomic E-state index is 12.2. The predicted octanol–water partition coefficient (Wildman–Crippen LogP) is 4.45. The van der Waals surface area contributed by atoms with Crippen LogP contribution in [0.3, 0.4) is 0 Å². The van der Waals surface area contributed by atoms with Gasteiger partial charge in [-0.3, -0.25) is 14.9 Å². The van der Waals surface area contributed by atoms with E-state index in [1.54, 1.807) is 19.9 Å². The van der Waals surface area contributed by atoms with Crippen molar-refractivity contribution in [3.8, 4) is 5.75 Å². The molecule has 0 saturated heterocycles. The van der Waals surface area contributed by atoms with Gasteiger partial charge in [-0.2, -0.15) is 5.10 Å². The smallest absolute Gasteiger partial charge is 0.311 e. The summed E-state index contributed by atoms with van der Waals surface area (Å²) in [7, 11) is 0. The third-order valence-electron chi connectivity index (χ3n) is 3.37. The van der Waals surface area contributed by atoms with E-state index >= 15 is 0 Å². The van der Waals surface area contributed by atoms with E-state index in [2.05, 4.69) is 10.5 Å². The average molecular weight is 396 g/mol. The van der Waals surface area contributed by atoms with Crippen LogP contribution >= 0.6 is 23.2 Å². The summed E-state index contributed by atoms with van der Waals surface area (Å²) in [5.74, 6) is -0.350. The lowest BCUT2D eigenvalue weighted by molar-refractivity contribution is -0.385. The number of nitrogens with zero attached hydrogens (tertiary/aromatic N) is 2. The van der Waals surface area contributed by atoms with Crippen LogP contribution in [0.2, 0.25) is 10.0 Å². The maximum Gasteiger partial charge on any atom is 0.311 e. The Balaban J connectivity index is 2.22. The van der Waals surface area contributed by atoms with Crippen molar-refractivity contribution in [3.63, 3.8) is 0 Å². The second-order valence-electron chi connectivity index (χ2n) is 5.13. The third-order valence-corrected chi connectivity index (χ3v) is 3.92. The highest BCUT2D eigenvalue weighted by Crippen LogP contribution is 2.28. The van der Waals surface area contributed by atoms with Gasteiger partial charge in [0.1, 0.15) is 0 Å². The number of amides is 1. The summed E-state index contributed by atoms with van der Waals surface area (Å²) in [4.78, 5) is 22.8. The van der Waals surface area contributed by atoms with Crippen LogP contribution in [0.5, 0.6) is 5.75 Å². The number of rotatable bonds is 6. The van der Waals surface area contributed by atoms with Crippen LogP contribution in [-0.2, 0) is 0 Å². The van der Waals surface area contributed by atoms with Gasteiger partial charge in [-0.05, 0) is 44.2 Å². The van der Waals surface area contributed by atoms with E-state index in [0.717, 1.165) is 0 Å². The predicted molar refractivity (Wildman–Crippen MR) is 100 cm³/mol. The van der Waals surface area contributed by atoms with Crippen molar-refractivity contribution < 1.29 is 14.5 Å². The van der Waals surface area contributed by atoms with Crippen LogP contribution < -0.4 is 10.2 Å². The Bertz CT molecular complexity index is 884. The summed E-state index contributed by atoms with van der Waals surface area (Å²) >= 11 is 11.8. The monoisotopic (exact) mass is 395 g/mol. The Labute approximate surface area is 159 Å². The molecule has 2 aromatic carbocycles. The molecule has 0 fully saturated rings. The van der Waals surface area contributed by atoms with Crippen molar-refractivity contribution in [1.29, 1.82) is 0 Å². The van der Waals surface area contributed by atoms with Crippen molar-refractivity contribution in [2.24, 2.45) is 5.10 Å². The zero-order valence-corrected chi connectivity index (χ0v) is 15.5. The normalized spacial score (nSPS) is 11.2. The molecule has 2 aromatic rings. The highest BCUT2D eigenvalue weighted by molar-refractivity contribution is 6.36. The van der Waals surface area contributed by atoms with Crippen LogP contribution in [0, 0.1) is 10.1 Å². The zero-order chi connectivity index (χ0) is 19.3. The number of benzene rings is 2. The van der Waals surface area contributed by atoms with Crippen LogP contribution in [0.1, 0.15) is 29.8 Å². The van der Waals surface area contributed by atoms with E-state index in [-0.39, 0.29) is 22.0 Å². The van der Waals surface area contributed by atoms with Gasteiger partial charge in [0.15, 0.2) is 5.75 Å². The fourth-order valence-electron chi connectivity index (χ4n) is 2.10. The number of hydrogen-bond acceptors (Lipinski definition) is 5. The Hall–Kier alpha value is -2.64. The van der Waals surface area contributed by atoms with E-state index in [0.29, 0.717) is 22.9 Å². The van der Waals surface area contributed by atoms with E-state index in [1.807, 2.05) is 0 Å². The second kappa shape index (κ2) is 8.64. The SMILES string of the molecule is CCOc1ccc(/C(C)=N/NC(=O)c2ccc(Cl)cc2Cl)cc1[N+](=O)[O-]. The summed E-state index contributed by atoms with van der Waals surface area (Å²) in [5, 5.41) is 15.8. The molecule has 0 unspecified atom stereocenters. The molecular weight excluding hydrogens is 381 g/mol. The quantitative estimate of drug-likeness (QED) is 0.443. The number of hydrazone groups is 1. The van der Waals surface area contributed by atoms with Crippen molar-refractivity contribution in [2.75, 3.05) is 6.61 Å². The topological polar surface area (TPSA) is 93.8 Å². The molecule has 0 aliphatic carbocycles. The minimum absolute atomic E-state index is 0.172. The van der Waals surface area contributed by atoms with Gasteiger partial charge in [0.2, 0.25) is 0 Å². The number of hydrogen-bond donors (Lipinski definition) is 1. The number of carbonyl (C=O) groups is 1. The van der Waals surface area contributed by atoms with Gasteiger partial charge >= 0.3 is 5.69 Å². The first-order valence-corrected chi connectivity index (χ1v) is 8.30. The van der Waals surface area contributed by atoms with Crippen LogP contribution in [0.25, 0.3) is 0 Å². The molecule has 136 valence electrons. The largest absolute Gasteiger partial charge is 0.487 e. The molecule has 1 amide bonds. The van der Waals surface area contributed by atoms with E-state index in [9.17, 15) is 14.9 Å². The van der Waals surface area contributed by atoms with E-state index in [1.165, 1.54) is 30.3 Å². The fraction of sp³-hybridized carbons (Fsp3) is 0.176. The van der Waals surface area contributed by atoms with Crippen molar-refractivity contribution >= 4 is 40.5 Å². The number of ether oxygens (including phenoxy) is 1. The summed E-state index contributed by atoms with van der Waals surface area (Å²) in [6.45, 7) is 3.66. The first-order chi connectivity index (χ1) is 12.3. The molecule has 1 N–H and O–H groups in total. The first-order valence-electron chi connectivity index (χ1n) is 7.54. The molecule has 0 heterocycles. The molecule has 0 saturated carbocycles. The van der Waals surface area contributed by atoms with Crippen molar-refractivity contribution in [1.82, 2.24) is 5.43 Å². The lowest BCUT2D eigenvalue weighted by Gasteiger charge is -2.07. The molecule has 0 spiro atoms. The number of halogens is 2. The maximum absolute atomic E-state index is 12.2. The van der Waals surface area contributed by atoms with Gasteiger partial charge < -0.3 is 4.74 Å². The Morgan fingerprint density at radius 1 is 1.27 bits per heavy atom. The van der Waals surface area contributed by atoms with Crippen molar-refractivity contribution in [2.45, 2.75) is 13.8 Å². The standard InChI is InChI=1S/C17H15Cl2N3O4/c1-3-26-16-7-4-11(8-15(16)22(24)25)10(2)20-21-17(23)13-6-5-12(18)9-14(13)19/h4-9H,3H2,1-2H3,(H,21,23)/b20-10+. The molecule has 0 aromatic heterocycles. The molecule has 9 heteroatoms. The Morgan fingerprint density at radius 2 is 2.00 bits per heavy atom. The molecule has 0 radical (unpaired) electrons. The van der Waals surface area contributed by atoms with Crippen LogP contribution in [0.4, 0.5) is 5.69 Å². The molecule has 2 rings (SSSR count). The van der Waals surface area contributed by atoms with E-state index < -0.39 is 10.8 Å². The molecule has 0 bridgehead atoms. The molecule has 26 heavy (non-hydrogen) atoms. The first kappa shape index (κ1) is 19.7. The molecule has 0 atom stereocenters. The average Bonchev–Trinajstić information content (AvgIpc) is 2.59. The number of carbonyl (C=O) groups excluding carboxylic acids is 1. The third kappa shape index (κ3) is 4.71. The molecule has 0 aliphatic heterocycles. The second-order valence-corrected chi connectivity index (χ2v) is 5.98. The van der Waals surface area contributed by atoms with Crippen LogP contribution in [0.15, 0.2) is 41.5 Å². The Kier molecular flexibility index (Phi) is 6.54. The molecule has 7 nitrogen and oxygen atoms in total. The van der Waals surface area contributed by atoms with E-state index in [4.69, 9.17) is 27.9 Å². The Morgan fingerprint density at radius 3 is 2.62 bits per heavy atom. The van der Waals surface area contributed by atoms with Gasteiger partial charge in [-0.15, -0.1) is 0 Å². The minimum Gasteiger partial charge on any atom is -0.487 e. The van der Waals surface area contributed by atoms with Gasteiger partial charge in [0.05, 0.1) is 27.8 Å². The fourth-order valence-corrected chi connectivity index (χ4v) is 2.59. The number of nitrogens with one attached hydrogen (secondary N) is 1. The summed E-state index contributed by atoms with van der Waals surface area (Å²) < 4.78 is 5.24. The highest BCUT2D eigenvalue weighted by Gasteiger charge is 2.17. The number of nitro benzene ring substituents is 1. The summed E-state index contributed by atoms with van der Waals surface area (Å²) in [6.07, 6.45) is 0. The lowest BCUT2D eigenvalue weighted by atomic mass is 10.1. The minimum atomic E-state index is -0.534. The highest BCUT2D eigenvalue weighted by atomic mass is 35.5. The van der Waals surface area contributed by atoms with Crippen LogP contribution in [-0.4, -0.2) is 23.1 Å². The van der Waals surface area contributed by atoms with Gasteiger partial charge in [-0.1, -0.05) is 23.2 Å².